The Labute approximate surface area is 92.4 Å². The van der Waals surface area contributed by atoms with E-state index in [2.05, 4.69) is 0 Å². The van der Waals surface area contributed by atoms with Crippen molar-refractivity contribution >= 4 is 5.78 Å². The summed E-state index contributed by atoms with van der Waals surface area (Å²) in [7, 11) is 0. The monoisotopic (exact) mass is 210 g/mol. The van der Waals surface area contributed by atoms with Crippen molar-refractivity contribution in [2.24, 2.45) is 11.3 Å². The third kappa shape index (κ3) is 2.25. The van der Waals surface area contributed by atoms with Crippen LogP contribution in [-0.4, -0.2) is 18.5 Å². The maximum Gasteiger partial charge on any atom is 0.143 e. The lowest BCUT2D eigenvalue weighted by Crippen LogP contribution is -2.51. The summed E-state index contributed by atoms with van der Waals surface area (Å²) in [5.74, 6) is 1.11. The van der Waals surface area contributed by atoms with Gasteiger partial charge in [0.15, 0.2) is 0 Å². The van der Waals surface area contributed by atoms with Crippen molar-refractivity contribution in [2.45, 2.75) is 58.5 Å². The van der Waals surface area contributed by atoms with Crippen LogP contribution in [-0.2, 0) is 9.53 Å². The molecule has 2 aliphatic carbocycles. The summed E-state index contributed by atoms with van der Waals surface area (Å²) in [6, 6.07) is 0. The van der Waals surface area contributed by atoms with Crippen molar-refractivity contribution in [1.82, 2.24) is 0 Å². The van der Waals surface area contributed by atoms with Gasteiger partial charge in [0.2, 0.25) is 0 Å². The average Bonchev–Trinajstić information content (AvgIpc) is 2.25. The molecular weight excluding hydrogens is 188 g/mol. The number of ketones is 1. The Morgan fingerprint density at radius 3 is 2.47 bits per heavy atom. The van der Waals surface area contributed by atoms with Crippen LogP contribution in [0.25, 0.3) is 0 Å². The number of carbonyl (C=O) groups excluding carboxylic acids is 1. The molecule has 2 nitrogen and oxygen atoms in total. The minimum absolute atomic E-state index is 0.187. The summed E-state index contributed by atoms with van der Waals surface area (Å²) >= 11 is 0. The molecule has 1 atom stereocenters. The SMILES string of the molecule is CC1(C)C(=O)CC1OCC1CCCCC1. The molecule has 2 fully saturated rings. The molecule has 0 aromatic carbocycles. The van der Waals surface area contributed by atoms with E-state index < -0.39 is 0 Å². The smallest absolute Gasteiger partial charge is 0.143 e. The zero-order chi connectivity index (χ0) is 10.9. The molecule has 0 spiro atoms. The molecule has 0 amide bonds. The lowest BCUT2D eigenvalue weighted by atomic mass is 9.68. The molecule has 86 valence electrons. The average molecular weight is 210 g/mol. The summed E-state index contributed by atoms with van der Waals surface area (Å²) in [6.07, 6.45) is 7.58. The molecule has 0 bridgehead atoms. The Balaban J connectivity index is 1.72. The standard InChI is InChI=1S/C13H22O2/c1-13(2)11(14)8-12(13)15-9-10-6-4-3-5-7-10/h10,12H,3-9H2,1-2H3. The molecule has 0 N–H and O–H groups in total. The first-order valence-electron chi connectivity index (χ1n) is 6.25. The lowest BCUT2D eigenvalue weighted by Gasteiger charge is -2.42. The van der Waals surface area contributed by atoms with Crippen LogP contribution in [0, 0.1) is 11.3 Å². The molecule has 2 rings (SSSR count). The Kier molecular flexibility index (Phi) is 3.15. The zero-order valence-electron chi connectivity index (χ0n) is 9.92. The normalized spacial score (nSPS) is 31.3. The molecule has 0 radical (unpaired) electrons. The van der Waals surface area contributed by atoms with Gasteiger partial charge in [-0.3, -0.25) is 4.79 Å². The van der Waals surface area contributed by atoms with E-state index in [1.807, 2.05) is 13.8 Å². The van der Waals surface area contributed by atoms with Crippen LogP contribution in [0.1, 0.15) is 52.4 Å². The Morgan fingerprint density at radius 2 is 1.93 bits per heavy atom. The van der Waals surface area contributed by atoms with Gasteiger partial charge in [-0.2, -0.15) is 0 Å². The predicted octanol–water partition coefficient (Wildman–Crippen LogP) is 2.95. The van der Waals surface area contributed by atoms with E-state index >= 15 is 0 Å². The van der Waals surface area contributed by atoms with Gasteiger partial charge in [0.25, 0.3) is 0 Å². The molecule has 1 unspecified atom stereocenters. The second-order valence-electron chi connectivity index (χ2n) is 5.67. The first-order chi connectivity index (χ1) is 7.10. The van der Waals surface area contributed by atoms with Gasteiger partial charge in [0.1, 0.15) is 5.78 Å². The van der Waals surface area contributed by atoms with Crippen LogP contribution in [0.2, 0.25) is 0 Å². The minimum atomic E-state index is -0.214. The molecule has 2 aliphatic rings. The number of Topliss-reactive ketones (excluding diaryl/α,β-unsaturated/α-hetero) is 1. The lowest BCUT2D eigenvalue weighted by molar-refractivity contribution is -0.160. The van der Waals surface area contributed by atoms with Crippen molar-refractivity contribution in [3.05, 3.63) is 0 Å². The third-order valence-electron chi connectivity index (χ3n) is 4.15. The maximum atomic E-state index is 11.3. The summed E-state index contributed by atoms with van der Waals surface area (Å²) in [5, 5.41) is 0. The maximum absolute atomic E-state index is 11.3. The van der Waals surface area contributed by atoms with E-state index in [0.29, 0.717) is 12.2 Å². The van der Waals surface area contributed by atoms with Crippen LogP contribution in [0.3, 0.4) is 0 Å². The van der Waals surface area contributed by atoms with Gasteiger partial charge in [-0.15, -0.1) is 0 Å². The van der Waals surface area contributed by atoms with Gasteiger partial charge in [0.05, 0.1) is 11.5 Å². The fraction of sp³-hybridized carbons (Fsp3) is 0.923. The highest BCUT2D eigenvalue weighted by molar-refractivity contribution is 5.91. The van der Waals surface area contributed by atoms with Gasteiger partial charge < -0.3 is 4.74 Å². The van der Waals surface area contributed by atoms with Crippen molar-refractivity contribution in [2.75, 3.05) is 6.61 Å². The number of carbonyl (C=O) groups is 1. The van der Waals surface area contributed by atoms with Crippen LogP contribution in [0.15, 0.2) is 0 Å². The Morgan fingerprint density at radius 1 is 1.27 bits per heavy atom. The fourth-order valence-electron chi connectivity index (χ4n) is 2.61. The summed E-state index contributed by atoms with van der Waals surface area (Å²) in [6.45, 7) is 4.89. The second kappa shape index (κ2) is 4.25. The molecule has 0 heterocycles. The van der Waals surface area contributed by atoms with Crippen LogP contribution < -0.4 is 0 Å². The van der Waals surface area contributed by atoms with Crippen molar-refractivity contribution < 1.29 is 9.53 Å². The van der Waals surface area contributed by atoms with Crippen LogP contribution >= 0.6 is 0 Å². The largest absolute Gasteiger partial charge is 0.376 e. The van der Waals surface area contributed by atoms with Gasteiger partial charge in [-0.25, -0.2) is 0 Å². The first-order valence-corrected chi connectivity index (χ1v) is 6.25. The molecule has 0 aromatic rings. The third-order valence-corrected chi connectivity index (χ3v) is 4.15. The van der Waals surface area contributed by atoms with Crippen molar-refractivity contribution in [3.63, 3.8) is 0 Å². The molecular formula is C13H22O2. The zero-order valence-corrected chi connectivity index (χ0v) is 9.92. The number of hydrogen-bond donors (Lipinski definition) is 0. The van der Waals surface area contributed by atoms with Gasteiger partial charge in [-0.1, -0.05) is 33.1 Å². The van der Waals surface area contributed by atoms with Gasteiger partial charge >= 0.3 is 0 Å². The summed E-state index contributed by atoms with van der Waals surface area (Å²) in [5.41, 5.74) is -0.214. The fourth-order valence-corrected chi connectivity index (χ4v) is 2.61. The summed E-state index contributed by atoms with van der Waals surface area (Å²) < 4.78 is 5.88. The number of rotatable bonds is 3. The Bertz CT molecular complexity index is 239. The topological polar surface area (TPSA) is 26.3 Å². The molecule has 0 aromatic heterocycles. The van der Waals surface area contributed by atoms with Gasteiger partial charge in [0, 0.05) is 13.0 Å². The first kappa shape index (κ1) is 11.1. The second-order valence-corrected chi connectivity index (χ2v) is 5.67. The van der Waals surface area contributed by atoms with Crippen molar-refractivity contribution in [1.29, 1.82) is 0 Å². The number of ether oxygens (including phenoxy) is 1. The van der Waals surface area contributed by atoms with E-state index in [-0.39, 0.29) is 11.5 Å². The Hall–Kier alpha value is -0.370. The van der Waals surface area contributed by atoms with E-state index in [4.69, 9.17) is 4.74 Å². The van der Waals surface area contributed by atoms with E-state index in [0.717, 1.165) is 12.5 Å². The quantitative estimate of drug-likeness (QED) is 0.716. The highest BCUT2D eigenvalue weighted by Gasteiger charge is 2.48. The highest BCUT2D eigenvalue weighted by Crippen LogP contribution is 2.39. The van der Waals surface area contributed by atoms with E-state index in [1.165, 1.54) is 32.1 Å². The highest BCUT2D eigenvalue weighted by atomic mass is 16.5. The molecule has 0 aliphatic heterocycles. The molecule has 2 heteroatoms. The number of hydrogen-bond acceptors (Lipinski definition) is 2. The van der Waals surface area contributed by atoms with Crippen LogP contribution in [0.4, 0.5) is 0 Å². The summed E-state index contributed by atoms with van der Waals surface area (Å²) in [4.78, 5) is 11.3. The van der Waals surface area contributed by atoms with E-state index in [1.54, 1.807) is 0 Å². The molecule has 2 saturated carbocycles. The van der Waals surface area contributed by atoms with E-state index in [9.17, 15) is 4.79 Å². The predicted molar refractivity (Wildman–Crippen MR) is 59.7 cm³/mol. The molecule has 15 heavy (non-hydrogen) atoms. The van der Waals surface area contributed by atoms with Crippen molar-refractivity contribution in [3.8, 4) is 0 Å². The molecule has 0 saturated heterocycles. The van der Waals surface area contributed by atoms with Gasteiger partial charge in [-0.05, 0) is 18.8 Å². The van der Waals surface area contributed by atoms with Crippen LogP contribution in [0.5, 0.6) is 0 Å². The minimum Gasteiger partial charge on any atom is -0.376 e.